The van der Waals surface area contributed by atoms with Crippen LogP contribution in [-0.2, 0) is 0 Å². The first-order chi connectivity index (χ1) is 17.5. The van der Waals surface area contributed by atoms with Gasteiger partial charge in [-0.15, -0.1) is 0 Å². The third-order valence-electron chi connectivity index (χ3n) is 5.78. The average molecular weight is 496 g/mol. The lowest BCUT2D eigenvalue weighted by Gasteiger charge is -2.09. The van der Waals surface area contributed by atoms with Crippen LogP contribution in [0.5, 0.6) is 0 Å². The van der Waals surface area contributed by atoms with Crippen molar-refractivity contribution in [1.29, 1.82) is 0 Å². The van der Waals surface area contributed by atoms with Gasteiger partial charge in [-0.05, 0) is 54.1 Å². The first kappa shape index (κ1) is 21.8. The predicted molar refractivity (Wildman–Crippen MR) is 138 cm³/mol. The molecule has 1 amide bonds. The summed E-state index contributed by atoms with van der Waals surface area (Å²) in [7, 11) is 0. The van der Waals surface area contributed by atoms with E-state index in [-0.39, 0.29) is 17.4 Å². The zero-order chi connectivity index (χ0) is 24.8. The van der Waals surface area contributed by atoms with Gasteiger partial charge in [0.15, 0.2) is 5.65 Å². The van der Waals surface area contributed by atoms with Gasteiger partial charge in [-0.2, -0.15) is 19.9 Å². The van der Waals surface area contributed by atoms with Crippen molar-refractivity contribution in [3.8, 4) is 11.6 Å². The fraction of sp³-hybridized carbons (Fsp3) is 0.0385. The van der Waals surface area contributed by atoms with Gasteiger partial charge in [0.1, 0.15) is 11.2 Å². The van der Waals surface area contributed by atoms with E-state index < -0.39 is 0 Å². The van der Waals surface area contributed by atoms with Crippen molar-refractivity contribution >= 4 is 45.1 Å². The maximum Gasteiger partial charge on any atom is 0.263 e. The van der Waals surface area contributed by atoms with Crippen LogP contribution in [0.2, 0.25) is 5.02 Å². The molecule has 0 aliphatic heterocycles. The second-order valence-corrected chi connectivity index (χ2v) is 8.69. The van der Waals surface area contributed by atoms with Crippen LogP contribution in [0.4, 0.5) is 5.82 Å². The largest absolute Gasteiger partial charge is 0.306 e. The SMILES string of the molecule is Cc1cc(NC(=O)c2ccc3ccccc3c2)n(-c2nc3c(cnn3-c3ccc(Cl)cc3)c(=O)[nH]2)n1. The normalized spacial score (nSPS) is 11.3. The molecule has 0 unspecified atom stereocenters. The van der Waals surface area contributed by atoms with Gasteiger partial charge >= 0.3 is 0 Å². The van der Waals surface area contributed by atoms with Gasteiger partial charge in [-0.25, -0.2) is 4.68 Å². The monoisotopic (exact) mass is 495 g/mol. The molecule has 0 saturated carbocycles. The number of hydrogen-bond donors (Lipinski definition) is 2. The quantitative estimate of drug-likeness (QED) is 0.369. The van der Waals surface area contributed by atoms with E-state index in [1.807, 2.05) is 36.4 Å². The summed E-state index contributed by atoms with van der Waals surface area (Å²) in [5.74, 6) is 0.201. The molecule has 0 radical (unpaired) electrons. The maximum atomic E-state index is 13.1. The van der Waals surface area contributed by atoms with Crippen molar-refractivity contribution < 1.29 is 4.79 Å². The molecular formula is C26H18ClN7O2. The summed E-state index contributed by atoms with van der Waals surface area (Å²) in [6, 6.07) is 22.0. The molecule has 36 heavy (non-hydrogen) atoms. The minimum absolute atomic E-state index is 0.144. The van der Waals surface area contributed by atoms with Crippen molar-refractivity contribution in [2.45, 2.75) is 6.92 Å². The molecule has 0 saturated heterocycles. The molecule has 0 spiro atoms. The zero-order valence-corrected chi connectivity index (χ0v) is 19.7. The molecule has 0 fully saturated rings. The molecule has 0 aliphatic rings. The number of benzene rings is 3. The number of nitrogens with zero attached hydrogens (tertiary/aromatic N) is 5. The second kappa shape index (κ2) is 8.47. The standard InChI is InChI=1S/C26H18ClN7O2/c1-15-12-22(29-24(35)18-7-6-16-4-2-3-5-17(16)13-18)34(32-15)26-30-23-21(25(36)31-26)14-28-33(23)20-10-8-19(27)9-11-20/h2-14H,1H3,(H,29,35)(H,30,31,36). The molecule has 0 aliphatic carbocycles. The summed E-state index contributed by atoms with van der Waals surface area (Å²) in [5.41, 5.74) is 1.79. The van der Waals surface area contributed by atoms with E-state index in [1.165, 1.54) is 10.9 Å². The predicted octanol–water partition coefficient (Wildman–Crippen LogP) is 4.66. The van der Waals surface area contributed by atoms with E-state index in [0.717, 1.165) is 10.8 Å². The Morgan fingerprint density at radius 2 is 1.75 bits per heavy atom. The first-order valence-electron chi connectivity index (χ1n) is 11.1. The fourth-order valence-electron chi connectivity index (χ4n) is 4.05. The Labute approximate surface area is 209 Å². The summed E-state index contributed by atoms with van der Waals surface area (Å²) < 4.78 is 2.95. The van der Waals surface area contributed by atoms with Crippen LogP contribution < -0.4 is 10.9 Å². The highest BCUT2D eigenvalue weighted by molar-refractivity contribution is 6.30. The average Bonchev–Trinajstić information content (AvgIpc) is 3.47. The van der Waals surface area contributed by atoms with Crippen molar-refractivity contribution in [2.75, 3.05) is 5.32 Å². The van der Waals surface area contributed by atoms with Crippen LogP contribution in [0.3, 0.4) is 0 Å². The number of aryl methyl sites for hydroxylation is 1. The van der Waals surface area contributed by atoms with Gasteiger partial charge in [-0.3, -0.25) is 14.6 Å². The van der Waals surface area contributed by atoms with Crippen LogP contribution >= 0.6 is 11.6 Å². The lowest BCUT2D eigenvalue weighted by Crippen LogP contribution is -2.19. The first-order valence-corrected chi connectivity index (χ1v) is 11.5. The van der Waals surface area contributed by atoms with Crippen molar-refractivity contribution in [3.05, 3.63) is 106 Å². The highest BCUT2D eigenvalue weighted by Crippen LogP contribution is 2.21. The van der Waals surface area contributed by atoms with Gasteiger partial charge in [0.05, 0.1) is 17.6 Å². The van der Waals surface area contributed by atoms with E-state index in [0.29, 0.717) is 38.8 Å². The molecule has 0 bridgehead atoms. The number of amides is 1. The minimum atomic E-state index is -0.379. The summed E-state index contributed by atoms with van der Waals surface area (Å²) in [5, 5.41) is 14.6. The van der Waals surface area contributed by atoms with Crippen LogP contribution in [0.1, 0.15) is 16.1 Å². The molecule has 6 aromatic rings. The smallest absolute Gasteiger partial charge is 0.263 e. The Morgan fingerprint density at radius 1 is 0.972 bits per heavy atom. The Hall–Kier alpha value is -4.76. The number of H-pyrrole nitrogens is 1. The highest BCUT2D eigenvalue weighted by atomic mass is 35.5. The molecule has 9 nitrogen and oxygen atoms in total. The van der Waals surface area contributed by atoms with Crippen molar-refractivity contribution in [2.24, 2.45) is 0 Å². The van der Waals surface area contributed by atoms with Gasteiger partial charge < -0.3 is 5.32 Å². The van der Waals surface area contributed by atoms with Crippen LogP contribution in [0.25, 0.3) is 33.4 Å². The number of aromatic amines is 1. The number of hydrogen-bond acceptors (Lipinski definition) is 5. The Bertz CT molecular complexity index is 1830. The summed E-state index contributed by atoms with van der Waals surface area (Å²) >= 11 is 6.01. The summed E-state index contributed by atoms with van der Waals surface area (Å²) in [4.78, 5) is 33.3. The lowest BCUT2D eigenvalue weighted by atomic mass is 10.1. The second-order valence-electron chi connectivity index (χ2n) is 8.26. The molecule has 176 valence electrons. The van der Waals surface area contributed by atoms with Crippen LogP contribution in [-0.4, -0.2) is 35.4 Å². The number of nitrogens with one attached hydrogen (secondary N) is 2. The highest BCUT2D eigenvalue weighted by Gasteiger charge is 2.17. The Morgan fingerprint density at radius 3 is 2.56 bits per heavy atom. The third-order valence-corrected chi connectivity index (χ3v) is 6.03. The maximum absolute atomic E-state index is 13.1. The number of halogens is 1. The van der Waals surface area contributed by atoms with Gasteiger partial charge in [0, 0.05) is 16.7 Å². The Balaban J connectivity index is 1.40. The number of aromatic nitrogens is 6. The van der Waals surface area contributed by atoms with Crippen molar-refractivity contribution in [1.82, 2.24) is 29.5 Å². The van der Waals surface area contributed by atoms with Crippen LogP contribution in [0.15, 0.2) is 83.8 Å². The number of rotatable bonds is 4. The topological polar surface area (TPSA) is 110 Å². The summed E-state index contributed by atoms with van der Waals surface area (Å²) in [6.07, 6.45) is 1.45. The molecule has 3 heterocycles. The van der Waals surface area contributed by atoms with E-state index in [4.69, 9.17) is 11.6 Å². The number of anilines is 1. The fourth-order valence-corrected chi connectivity index (χ4v) is 4.17. The molecule has 3 aromatic heterocycles. The Kier molecular flexibility index (Phi) is 5.12. The third kappa shape index (κ3) is 3.81. The summed E-state index contributed by atoms with van der Waals surface area (Å²) in [6.45, 7) is 1.79. The molecule has 3 aromatic carbocycles. The van der Waals surface area contributed by atoms with Crippen molar-refractivity contribution in [3.63, 3.8) is 0 Å². The number of carbonyl (C=O) groups is 1. The minimum Gasteiger partial charge on any atom is -0.306 e. The number of fused-ring (bicyclic) bond motifs is 2. The molecule has 10 heteroatoms. The molecule has 0 atom stereocenters. The molecule has 2 N–H and O–H groups in total. The molecule has 6 rings (SSSR count). The van der Waals surface area contributed by atoms with Crippen LogP contribution in [0, 0.1) is 6.92 Å². The van der Waals surface area contributed by atoms with E-state index in [2.05, 4.69) is 25.5 Å². The zero-order valence-electron chi connectivity index (χ0n) is 18.9. The van der Waals surface area contributed by atoms with Gasteiger partial charge in [-0.1, -0.05) is 41.9 Å². The van der Waals surface area contributed by atoms with E-state index in [9.17, 15) is 9.59 Å². The lowest BCUT2D eigenvalue weighted by molar-refractivity contribution is 0.102. The van der Waals surface area contributed by atoms with Gasteiger partial charge in [0.2, 0.25) is 5.95 Å². The molecular weight excluding hydrogens is 478 g/mol. The van der Waals surface area contributed by atoms with Gasteiger partial charge in [0.25, 0.3) is 11.5 Å². The van der Waals surface area contributed by atoms with E-state index in [1.54, 1.807) is 48.0 Å². The number of carbonyl (C=O) groups excluding carboxylic acids is 1. The van der Waals surface area contributed by atoms with E-state index >= 15 is 0 Å².